The Bertz CT molecular complexity index is 438. The smallest absolute Gasteiger partial charge is 0.140 e. The largest absolute Gasteiger partial charge is 0.493 e. The van der Waals surface area contributed by atoms with Crippen LogP contribution in [0, 0.1) is 17.2 Å². The van der Waals surface area contributed by atoms with Crippen molar-refractivity contribution in [1.29, 1.82) is 5.26 Å². The fraction of sp³-hybridized carbons (Fsp3) is 0.400. The topological polar surface area (TPSA) is 33.0 Å². The maximum absolute atomic E-state index is 9.11. The van der Waals surface area contributed by atoms with E-state index in [9.17, 15) is 0 Å². The third kappa shape index (κ3) is 3.51. The molecule has 0 saturated carbocycles. The van der Waals surface area contributed by atoms with Crippen molar-refractivity contribution in [2.75, 3.05) is 0 Å². The predicted molar refractivity (Wildman–Crippen MR) is 74.0 cm³/mol. The summed E-state index contributed by atoms with van der Waals surface area (Å²) in [5, 5.41) is 9.11. The van der Waals surface area contributed by atoms with Crippen LogP contribution in [-0.2, 0) is 11.3 Å². The van der Waals surface area contributed by atoms with Crippen LogP contribution in [0.3, 0.4) is 0 Å². The van der Waals surface area contributed by atoms with E-state index in [1.165, 1.54) is 0 Å². The first-order chi connectivity index (χ1) is 8.53. The molecule has 0 aliphatic carbocycles. The van der Waals surface area contributed by atoms with Crippen molar-refractivity contribution in [2.45, 2.75) is 31.7 Å². The SMILES string of the molecule is C=C(OCc1ccccc1)[C@H](C)[C@](Cl)(C#N)CC. The summed E-state index contributed by atoms with van der Waals surface area (Å²) < 4.78 is 5.61. The Kier molecular flexibility index (Phi) is 5.25. The number of hydrogen-bond donors (Lipinski definition) is 0. The van der Waals surface area contributed by atoms with Crippen LogP contribution in [0.5, 0.6) is 0 Å². The maximum atomic E-state index is 9.11. The molecule has 0 unspecified atom stereocenters. The molecule has 96 valence electrons. The average molecular weight is 264 g/mol. The number of nitriles is 1. The highest BCUT2D eigenvalue weighted by Crippen LogP contribution is 2.33. The number of nitrogens with zero attached hydrogens (tertiary/aromatic N) is 1. The summed E-state index contributed by atoms with van der Waals surface area (Å²) >= 11 is 6.23. The van der Waals surface area contributed by atoms with Crippen LogP contribution < -0.4 is 0 Å². The second-order valence-corrected chi connectivity index (χ2v) is 4.96. The second-order valence-electron chi connectivity index (χ2n) is 4.29. The molecule has 0 spiro atoms. The van der Waals surface area contributed by atoms with Crippen molar-refractivity contribution >= 4 is 11.6 Å². The van der Waals surface area contributed by atoms with Gasteiger partial charge in [-0.2, -0.15) is 5.26 Å². The van der Waals surface area contributed by atoms with Crippen molar-refractivity contribution in [3.05, 3.63) is 48.2 Å². The lowest BCUT2D eigenvalue weighted by Crippen LogP contribution is -2.29. The summed E-state index contributed by atoms with van der Waals surface area (Å²) in [4.78, 5) is -0.937. The van der Waals surface area contributed by atoms with E-state index in [4.69, 9.17) is 21.6 Å². The Morgan fingerprint density at radius 1 is 1.50 bits per heavy atom. The van der Waals surface area contributed by atoms with Gasteiger partial charge in [0.05, 0.1) is 11.8 Å². The molecule has 18 heavy (non-hydrogen) atoms. The third-order valence-corrected chi connectivity index (χ3v) is 3.82. The van der Waals surface area contributed by atoms with E-state index in [1.807, 2.05) is 44.2 Å². The Balaban J connectivity index is 2.59. The molecule has 1 aromatic rings. The van der Waals surface area contributed by atoms with Gasteiger partial charge in [0.2, 0.25) is 0 Å². The second kappa shape index (κ2) is 6.47. The molecule has 0 N–H and O–H groups in total. The minimum absolute atomic E-state index is 0.210. The van der Waals surface area contributed by atoms with Gasteiger partial charge in [-0.25, -0.2) is 0 Å². The zero-order chi connectivity index (χ0) is 13.6. The molecule has 1 aromatic carbocycles. The van der Waals surface area contributed by atoms with Gasteiger partial charge in [0.1, 0.15) is 11.5 Å². The quantitative estimate of drug-likeness (QED) is 0.567. The van der Waals surface area contributed by atoms with Gasteiger partial charge in [-0.3, -0.25) is 0 Å². The number of alkyl halides is 1. The summed E-state index contributed by atoms with van der Waals surface area (Å²) in [5.74, 6) is 0.343. The standard InChI is InChI=1S/C15H18ClNO/c1-4-15(16,11-17)12(2)13(3)18-10-14-8-6-5-7-9-14/h5-9,12H,3-4,10H2,1-2H3/t12-,15+/m0/s1. The first kappa shape index (κ1) is 14.6. The molecule has 0 aliphatic rings. The van der Waals surface area contributed by atoms with Crippen LogP contribution in [0.15, 0.2) is 42.7 Å². The van der Waals surface area contributed by atoms with Crippen molar-refractivity contribution < 1.29 is 4.74 Å². The molecule has 2 atom stereocenters. The van der Waals surface area contributed by atoms with E-state index < -0.39 is 4.87 Å². The normalized spacial score (nSPS) is 15.2. The minimum atomic E-state index is -0.937. The van der Waals surface area contributed by atoms with Gasteiger partial charge < -0.3 is 4.74 Å². The molecule has 0 fully saturated rings. The zero-order valence-corrected chi connectivity index (χ0v) is 11.6. The molecule has 0 radical (unpaired) electrons. The van der Waals surface area contributed by atoms with Crippen molar-refractivity contribution in [1.82, 2.24) is 0 Å². The number of allylic oxidation sites excluding steroid dienone is 1. The Morgan fingerprint density at radius 3 is 2.61 bits per heavy atom. The lowest BCUT2D eigenvalue weighted by atomic mass is 9.90. The maximum Gasteiger partial charge on any atom is 0.140 e. The minimum Gasteiger partial charge on any atom is -0.493 e. The van der Waals surface area contributed by atoms with Crippen LogP contribution in [-0.4, -0.2) is 4.87 Å². The molecule has 0 heterocycles. The number of hydrogen-bond acceptors (Lipinski definition) is 2. The van der Waals surface area contributed by atoms with Crippen LogP contribution >= 0.6 is 11.6 Å². The summed E-state index contributed by atoms with van der Waals surface area (Å²) in [7, 11) is 0. The van der Waals surface area contributed by atoms with Crippen molar-refractivity contribution in [3.63, 3.8) is 0 Å². The molecule has 0 bridgehead atoms. The lowest BCUT2D eigenvalue weighted by molar-refractivity contribution is 0.161. The molecular weight excluding hydrogens is 246 g/mol. The predicted octanol–water partition coefficient (Wildman–Crippen LogP) is 4.26. The fourth-order valence-electron chi connectivity index (χ4n) is 1.61. The molecule has 1 rings (SSSR count). The van der Waals surface area contributed by atoms with Crippen molar-refractivity contribution in [2.24, 2.45) is 5.92 Å². The fourth-order valence-corrected chi connectivity index (χ4v) is 1.73. The van der Waals surface area contributed by atoms with Gasteiger partial charge >= 0.3 is 0 Å². The Morgan fingerprint density at radius 2 is 2.11 bits per heavy atom. The first-order valence-electron chi connectivity index (χ1n) is 5.99. The van der Waals surface area contributed by atoms with E-state index >= 15 is 0 Å². The van der Waals surface area contributed by atoms with Gasteiger partial charge in [0, 0.05) is 5.92 Å². The number of ether oxygens (including phenoxy) is 1. The molecule has 0 saturated heterocycles. The van der Waals surface area contributed by atoms with Gasteiger partial charge in [0.25, 0.3) is 0 Å². The zero-order valence-electron chi connectivity index (χ0n) is 10.8. The third-order valence-electron chi connectivity index (χ3n) is 3.14. The Hall–Kier alpha value is -1.46. The molecule has 0 aromatic heterocycles. The van der Waals surface area contributed by atoms with Crippen LogP contribution in [0.2, 0.25) is 0 Å². The van der Waals surface area contributed by atoms with E-state index in [2.05, 4.69) is 12.6 Å². The van der Waals surface area contributed by atoms with Gasteiger partial charge in [0.15, 0.2) is 0 Å². The number of rotatable bonds is 6. The van der Waals surface area contributed by atoms with Crippen LogP contribution in [0.4, 0.5) is 0 Å². The number of halogens is 1. The summed E-state index contributed by atoms with van der Waals surface area (Å²) in [5.41, 5.74) is 1.07. The highest BCUT2D eigenvalue weighted by molar-refractivity contribution is 6.26. The number of benzene rings is 1. The highest BCUT2D eigenvalue weighted by atomic mass is 35.5. The van der Waals surface area contributed by atoms with E-state index in [0.717, 1.165) is 5.56 Å². The van der Waals surface area contributed by atoms with Crippen LogP contribution in [0.25, 0.3) is 0 Å². The van der Waals surface area contributed by atoms with Crippen LogP contribution in [0.1, 0.15) is 25.8 Å². The van der Waals surface area contributed by atoms with Gasteiger partial charge in [-0.1, -0.05) is 50.8 Å². The monoisotopic (exact) mass is 263 g/mol. The lowest BCUT2D eigenvalue weighted by Gasteiger charge is -2.26. The van der Waals surface area contributed by atoms with Gasteiger partial charge in [-0.05, 0) is 12.0 Å². The first-order valence-corrected chi connectivity index (χ1v) is 6.37. The Labute approximate surface area is 114 Å². The molecular formula is C15H18ClNO. The molecule has 0 aliphatic heterocycles. The summed E-state index contributed by atoms with van der Waals surface area (Å²) in [6, 6.07) is 12.0. The average Bonchev–Trinajstić information content (AvgIpc) is 2.44. The van der Waals surface area contributed by atoms with E-state index in [0.29, 0.717) is 18.8 Å². The van der Waals surface area contributed by atoms with Crippen molar-refractivity contribution in [3.8, 4) is 6.07 Å². The molecule has 0 amide bonds. The molecule has 2 nitrogen and oxygen atoms in total. The summed E-state index contributed by atoms with van der Waals surface area (Å²) in [6.07, 6.45) is 0.555. The summed E-state index contributed by atoms with van der Waals surface area (Å²) in [6.45, 7) is 8.08. The van der Waals surface area contributed by atoms with Gasteiger partial charge in [-0.15, -0.1) is 11.6 Å². The molecule has 3 heteroatoms. The van der Waals surface area contributed by atoms with E-state index in [-0.39, 0.29) is 5.92 Å². The van der Waals surface area contributed by atoms with E-state index in [1.54, 1.807) is 0 Å². The highest BCUT2D eigenvalue weighted by Gasteiger charge is 2.34.